The zero-order valence-corrected chi connectivity index (χ0v) is 20.0. The molecule has 0 atom stereocenters. The van der Waals surface area contributed by atoms with Gasteiger partial charge in [0.15, 0.2) is 18.1 Å². The van der Waals surface area contributed by atoms with E-state index in [0.29, 0.717) is 11.3 Å². The number of ether oxygens (including phenoxy) is 2. The van der Waals surface area contributed by atoms with E-state index in [2.05, 4.69) is 17.5 Å². The van der Waals surface area contributed by atoms with Gasteiger partial charge in [-0.1, -0.05) is 36.8 Å². The van der Waals surface area contributed by atoms with Crippen molar-refractivity contribution in [1.82, 2.24) is 5.43 Å². The average Bonchev–Trinajstić information content (AvgIpc) is 2.84. The molecule has 0 aliphatic heterocycles. The second-order valence-electron chi connectivity index (χ2n) is 7.34. The first-order chi connectivity index (χ1) is 16.3. The number of carbonyl (C=O) groups excluding carboxylic acids is 1. The molecule has 1 N–H and O–H groups in total. The van der Waals surface area contributed by atoms with Gasteiger partial charge in [0.25, 0.3) is 5.91 Å². The number of hydrogen-bond acceptors (Lipinski definition) is 7. The lowest BCUT2D eigenvalue weighted by atomic mass is 10.2. The van der Waals surface area contributed by atoms with Crippen molar-refractivity contribution in [3.8, 4) is 17.2 Å². The summed E-state index contributed by atoms with van der Waals surface area (Å²) in [7, 11) is -2.62. The SMILES string of the molecule is CCc1ccc(OCC(=O)N/N=C/c2ccc(OS(=O)(=O)c3ccc(C)cc3)c(OC)c2)cc1. The van der Waals surface area contributed by atoms with E-state index in [0.717, 1.165) is 12.0 Å². The number of benzene rings is 3. The predicted molar refractivity (Wildman–Crippen MR) is 129 cm³/mol. The van der Waals surface area contributed by atoms with Crippen molar-refractivity contribution in [2.24, 2.45) is 5.10 Å². The highest BCUT2D eigenvalue weighted by atomic mass is 32.2. The lowest BCUT2D eigenvalue weighted by Gasteiger charge is -2.11. The normalized spacial score (nSPS) is 11.3. The van der Waals surface area contributed by atoms with E-state index in [1.165, 1.54) is 37.1 Å². The number of nitrogens with one attached hydrogen (secondary N) is 1. The van der Waals surface area contributed by atoms with E-state index in [9.17, 15) is 13.2 Å². The summed E-state index contributed by atoms with van der Waals surface area (Å²) < 4.78 is 41.0. The number of methoxy groups -OCH3 is 1. The second kappa shape index (κ2) is 11.3. The molecule has 0 saturated heterocycles. The number of rotatable bonds is 10. The van der Waals surface area contributed by atoms with Crippen LogP contribution in [0.3, 0.4) is 0 Å². The van der Waals surface area contributed by atoms with Crippen LogP contribution in [0.2, 0.25) is 0 Å². The molecule has 1 amide bonds. The van der Waals surface area contributed by atoms with Crippen LogP contribution in [0.15, 0.2) is 76.7 Å². The fraction of sp³-hybridized carbons (Fsp3) is 0.200. The minimum Gasteiger partial charge on any atom is -0.493 e. The zero-order valence-electron chi connectivity index (χ0n) is 19.1. The Kier molecular flexibility index (Phi) is 8.26. The Labute approximate surface area is 199 Å². The zero-order chi connectivity index (χ0) is 24.6. The summed E-state index contributed by atoms with van der Waals surface area (Å²) in [4.78, 5) is 12.0. The smallest absolute Gasteiger partial charge is 0.339 e. The summed E-state index contributed by atoms with van der Waals surface area (Å²) in [5.74, 6) is 0.403. The van der Waals surface area contributed by atoms with Crippen molar-refractivity contribution in [2.75, 3.05) is 13.7 Å². The Morgan fingerprint density at radius 3 is 2.35 bits per heavy atom. The van der Waals surface area contributed by atoms with Crippen LogP contribution in [-0.2, 0) is 21.3 Å². The second-order valence-corrected chi connectivity index (χ2v) is 8.89. The monoisotopic (exact) mass is 482 g/mol. The highest BCUT2D eigenvalue weighted by Gasteiger charge is 2.19. The quantitative estimate of drug-likeness (QED) is 0.267. The first kappa shape index (κ1) is 24.8. The molecule has 0 spiro atoms. The number of hydrogen-bond donors (Lipinski definition) is 1. The lowest BCUT2D eigenvalue weighted by Crippen LogP contribution is -2.24. The Morgan fingerprint density at radius 1 is 1.00 bits per heavy atom. The first-order valence-electron chi connectivity index (χ1n) is 10.5. The van der Waals surface area contributed by atoms with Gasteiger partial charge in [0.05, 0.1) is 13.3 Å². The molecule has 0 fully saturated rings. The molecule has 178 valence electrons. The van der Waals surface area contributed by atoms with Crippen LogP contribution in [-0.4, -0.2) is 34.3 Å². The van der Waals surface area contributed by atoms with Gasteiger partial charge in [-0.15, -0.1) is 0 Å². The molecule has 3 aromatic carbocycles. The van der Waals surface area contributed by atoms with E-state index in [-0.39, 0.29) is 23.0 Å². The highest BCUT2D eigenvalue weighted by Crippen LogP contribution is 2.30. The van der Waals surface area contributed by atoms with E-state index < -0.39 is 16.0 Å². The molecular formula is C25H26N2O6S. The van der Waals surface area contributed by atoms with Crippen molar-refractivity contribution in [3.63, 3.8) is 0 Å². The molecule has 0 unspecified atom stereocenters. The van der Waals surface area contributed by atoms with Gasteiger partial charge in [0, 0.05) is 0 Å². The van der Waals surface area contributed by atoms with Crippen LogP contribution in [0.4, 0.5) is 0 Å². The van der Waals surface area contributed by atoms with Crippen molar-refractivity contribution in [3.05, 3.63) is 83.4 Å². The number of carbonyl (C=O) groups is 1. The van der Waals surface area contributed by atoms with Crippen LogP contribution in [0.1, 0.15) is 23.6 Å². The standard InChI is InChI=1S/C25H26N2O6S/c1-4-19-7-10-21(11-8-19)32-17-25(28)27-26-16-20-9-14-23(24(15-20)31-3)33-34(29,30)22-12-5-18(2)6-13-22/h5-16H,4,17H2,1-3H3,(H,27,28)/b26-16+. The van der Waals surface area contributed by atoms with E-state index in [4.69, 9.17) is 13.7 Å². The fourth-order valence-corrected chi connectivity index (χ4v) is 3.83. The minimum absolute atomic E-state index is 0.0340. The van der Waals surface area contributed by atoms with Crippen molar-refractivity contribution < 1.29 is 26.9 Å². The van der Waals surface area contributed by atoms with Gasteiger partial charge in [-0.3, -0.25) is 4.79 Å². The van der Waals surface area contributed by atoms with Gasteiger partial charge < -0.3 is 13.7 Å². The molecule has 0 saturated carbocycles. The topological polar surface area (TPSA) is 103 Å². The maximum absolute atomic E-state index is 12.5. The van der Waals surface area contributed by atoms with Crippen LogP contribution in [0, 0.1) is 6.92 Å². The van der Waals surface area contributed by atoms with Gasteiger partial charge in [0.2, 0.25) is 0 Å². The summed E-state index contributed by atoms with van der Waals surface area (Å²) in [6.07, 6.45) is 2.32. The summed E-state index contributed by atoms with van der Waals surface area (Å²) >= 11 is 0. The van der Waals surface area contributed by atoms with E-state index >= 15 is 0 Å². The van der Waals surface area contributed by atoms with Gasteiger partial charge >= 0.3 is 10.1 Å². The molecule has 3 rings (SSSR count). The van der Waals surface area contributed by atoms with E-state index in [1.54, 1.807) is 24.3 Å². The first-order valence-corrected chi connectivity index (χ1v) is 11.9. The Morgan fingerprint density at radius 2 is 1.71 bits per heavy atom. The molecule has 9 heteroatoms. The number of amides is 1. The van der Waals surface area contributed by atoms with Crippen LogP contribution in [0.5, 0.6) is 17.2 Å². The van der Waals surface area contributed by atoms with E-state index in [1.807, 2.05) is 31.2 Å². The number of hydrazone groups is 1. The Balaban J connectivity index is 1.58. The fourth-order valence-electron chi connectivity index (χ4n) is 2.89. The molecule has 0 aliphatic carbocycles. The molecule has 34 heavy (non-hydrogen) atoms. The number of nitrogens with zero attached hydrogens (tertiary/aromatic N) is 1. The maximum Gasteiger partial charge on any atom is 0.339 e. The summed E-state index contributed by atoms with van der Waals surface area (Å²) in [5, 5.41) is 3.90. The summed E-state index contributed by atoms with van der Waals surface area (Å²) in [6.45, 7) is 3.74. The van der Waals surface area contributed by atoms with Gasteiger partial charge in [-0.05, 0) is 66.9 Å². The number of aryl methyl sites for hydroxylation is 2. The van der Waals surface area contributed by atoms with Gasteiger partial charge in [-0.2, -0.15) is 13.5 Å². The molecular weight excluding hydrogens is 456 g/mol. The average molecular weight is 483 g/mol. The third-order valence-electron chi connectivity index (χ3n) is 4.80. The van der Waals surface area contributed by atoms with Crippen molar-refractivity contribution in [1.29, 1.82) is 0 Å². The largest absolute Gasteiger partial charge is 0.493 e. The predicted octanol–water partition coefficient (Wildman–Crippen LogP) is 3.86. The molecule has 0 aliphatic rings. The summed E-state index contributed by atoms with van der Waals surface area (Å²) in [5.41, 5.74) is 5.06. The third-order valence-corrected chi connectivity index (χ3v) is 6.05. The molecule has 3 aromatic rings. The van der Waals surface area contributed by atoms with Gasteiger partial charge in [-0.25, -0.2) is 5.43 Å². The Bertz CT molecular complexity index is 1250. The van der Waals surface area contributed by atoms with Crippen LogP contribution in [0.25, 0.3) is 0 Å². The van der Waals surface area contributed by atoms with Crippen LogP contribution < -0.4 is 19.1 Å². The van der Waals surface area contributed by atoms with Crippen LogP contribution >= 0.6 is 0 Å². The molecule has 8 nitrogen and oxygen atoms in total. The minimum atomic E-state index is -4.02. The Hall–Kier alpha value is -3.85. The maximum atomic E-state index is 12.5. The molecule has 0 aromatic heterocycles. The van der Waals surface area contributed by atoms with Crippen molar-refractivity contribution in [2.45, 2.75) is 25.2 Å². The molecule has 0 bridgehead atoms. The summed E-state index contributed by atoms with van der Waals surface area (Å²) in [6, 6.07) is 18.4. The third kappa shape index (κ3) is 6.82. The van der Waals surface area contributed by atoms with Crippen molar-refractivity contribution >= 4 is 22.2 Å². The van der Waals surface area contributed by atoms with Gasteiger partial charge in [0.1, 0.15) is 10.6 Å². The highest BCUT2D eigenvalue weighted by molar-refractivity contribution is 7.87. The molecule has 0 heterocycles. The lowest BCUT2D eigenvalue weighted by molar-refractivity contribution is -0.123. The molecule has 0 radical (unpaired) electrons.